The molecule has 2 fully saturated rings. The molecule has 24 heavy (non-hydrogen) atoms. The van der Waals surface area contributed by atoms with Crippen molar-refractivity contribution < 1.29 is 14.3 Å². The van der Waals surface area contributed by atoms with Crippen molar-refractivity contribution in [2.24, 2.45) is 5.92 Å². The van der Waals surface area contributed by atoms with E-state index in [2.05, 4.69) is 12.2 Å². The molecule has 1 spiro atoms. The summed E-state index contributed by atoms with van der Waals surface area (Å²) in [6.45, 7) is 1.59. The summed E-state index contributed by atoms with van der Waals surface area (Å²) in [6.07, 6.45) is 5.76. The highest BCUT2D eigenvalue weighted by atomic mass is 16.5. The summed E-state index contributed by atoms with van der Waals surface area (Å²) in [5.74, 6) is 0.115. The van der Waals surface area contributed by atoms with Gasteiger partial charge in [0.15, 0.2) is 0 Å². The Labute approximate surface area is 140 Å². The van der Waals surface area contributed by atoms with Gasteiger partial charge in [0.1, 0.15) is 5.60 Å². The van der Waals surface area contributed by atoms with E-state index in [-0.39, 0.29) is 35.9 Å². The van der Waals surface area contributed by atoms with E-state index < -0.39 is 5.60 Å². The second-order valence-corrected chi connectivity index (χ2v) is 7.32. The summed E-state index contributed by atoms with van der Waals surface area (Å²) in [5, 5.41) is 0. The van der Waals surface area contributed by atoms with E-state index in [0.717, 1.165) is 17.7 Å². The van der Waals surface area contributed by atoms with Crippen LogP contribution in [0.4, 0.5) is 5.69 Å². The molecule has 4 aliphatic heterocycles. The third-order valence-electron chi connectivity index (χ3n) is 6.27. The minimum atomic E-state index is -0.509. The van der Waals surface area contributed by atoms with Crippen LogP contribution in [0, 0.1) is 5.92 Å². The minimum absolute atomic E-state index is 0.0301. The van der Waals surface area contributed by atoms with E-state index in [4.69, 9.17) is 4.74 Å². The van der Waals surface area contributed by atoms with Crippen LogP contribution in [0.1, 0.15) is 31.4 Å². The lowest BCUT2D eigenvalue weighted by Crippen LogP contribution is -2.50. The van der Waals surface area contributed by atoms with E-state index in [1.165, 1.54) is 0 Å². The van der Waals surface area contributed by atoms with Crippen molar-refractivity contribution in [2.75, 3.05) is 11.9 Å². The van der Waals surface area contributed by atoms with Crippen LogP contribution in [0.2, 0.25) is 0 Å². The van der Waals surface area contributed by atoms with Gasteiger partial charge >= 0.3 is 0 Å². The van der Waals surface area contributed by atoms with Gasteiger partial charge in [-0.2, -0.15) is 0 Å². The smallest absolute Gasteiger partial charge is 0.233 e. The van der Waals surface area contributed by atoms with Gasteiger partial charge in [-0.05, 0) is 24.5 Å². The van der Waals surface area contributed by atoms with Crippen molar-refractivity contribution in [3.63, 3.8) is 0 Å². The number of fused-ring (bicyclic) bond motifs is 4. The van der Waals surface area contributed by atoms with E-state index in [9.17, 15) is 9.59 Å². The van der Waals surface area contributed by atoms with Gasteiger partial charge < -0.3 is 14.5 Å². The molecular formula is C19H20N2O3. The molecule has 0 unspecified atom stereocenters. The quantitative estimate of drug-likeness (QED) is 0.743. The van der Waals surface area contributed by atoms with Crippen LogP contribution in [-0.2, 0) is 14.3 Å². The number of carbonyl (C=O) groups excluding carboxylic acids is 2. The molecule has 124 valence electrons. The predicted octanol–water partition coefficient (Wildman–Crippen LogP) is 2.04. The first-order valence-electron chi connectivity index (χ1n) is 8.55. The van der Waals surface area contributed by atoms with Crippen molar-refractivity contribution in [1.82, 2.24) is 4.90 Å². The number of nitrogens with zero attached hydrogens (tertiary/aromatic N) is 2. The molecule has 0 aromatic heterocycles. The SMILES string of the molecule is CC(=O)N(C)[C@H]1C[C@@H]2N(C(=O)[C@@H]3C[C@H]4C=C[C@@]23O4)c2ccccc21. The number of rotatable bonds is 1. The molecule has 0 aliphatic carbocycles. The van der Waals surface area contributed by atoms with E-state index >= 15 is 0 Å². The zero-order valence-electron chi connectivity index (χ0n) is 13.8. The molecule has 2 saturated heterocycles. The summed E-state index contributed by atoms with van der Waals surface area (Å²) in [7, 11) is 1.84. The normalized spacial score (nSPS) is 38.1. The molecule has 0 radical (unpaired) electrons. The summed E-state index contributed by atoms with van der Waals surface area (Å²) in [5.41, 5.74) is 1.47. The first-order valence-corrected chi connectivity index (χ1v) is 8.55. The Morgan fingerprint density at radius 2 is 2.12 bits per heavy atom. The second kappa shape index (κ2) is 4.48. The lowest BCUT2D eigenvalue weighted by molar-refractivity contribution is -0.130. The number of para-hydroxylation sites is 1. The third kappa shape index (κ3) is 1.53. The fourth-order valence-electron chi connectivity index (χ4n) is 5.07. The van der Waals surface area contributed by atoms with E-state index in [0.29, 0.717) is 6.42 Å². The Morgan fingerprint density at radius 3 is 2.88 bits per heavy atom. The average Bonchev–Trinajstić information content (AvgIpc) is 3.24. The van der Waals surface area contributed by atoms with Crippen molar-refractivity contribution in [2.45, 2.75) is 43.6 Å². The van der Waals surface area contributed by atoms with Gasteiger partial charge in [-0.1, -0.05) is 30.4 Å². The van der Waals surface area contributed by atoms with Gasteiger partial charge in [0, 0.05) is 19.7 Å². The molecular weight excluding hydrogens is 304 g/mol. The Morgan fingerprint density at radius 1 is 1.33 bits per heavy atom. The molecule has 5 atom stereocenters. The lowest BCUT2D eigenvalue weighted by Gasteiger charge is -2.43. The summed E-state index contributed by atoms with van der Waals surface area (Å²) >= 11 is 0. The van der Waals surface area contributed by atoms with Crippen LogP contribution in [0.5, 0.6) is 0 Å². The van der Waals surface area contributed by atoms with Gasteiger partial charge in [0.25, 0.3) is 0 Å². The molecule has 0 N–H and O–H groups in total. The Balaban J connectivity index is 1.67. The number of ether oxygens (including phenoxy) is 1. The van der Waals surface area contributed by atoms with Crippen molar-refractivity contribution in [3.05, 3.63) is 42.0 Å². The maximum absolute atomic E-state index is 13.1. The highest BCUT2D eigenvalue weighted by Crippen LogP contribution is 2.57. The van der Waals surface area contributed by atoms with Gasteiger partial charge in [-0.15, -0.1) is 0 Å². The maximum atomic E-state index is 13.1. The molecule has 4 aliphatic rings. The Hall–Kier alpha value is -2.14. The van der Waals surface area contributed by atoms with Crippen LogP contribution in [0.25, 0.3) is 0 Å². The van der Waals surface area contributed by atoms with Crippen LogP contribution < -0.4 is 4.90 Å². The molecule has 4 heterocycles. The standard InChI is InChI=1S/C19H20N2O3/c1-11(22)20(2)16-10-17-19-8-7-12(24-19)9-14(19)18(23)21(17)15-6-4-3-5-13(15)16/h3-8,12,14,16-17H,9-10H2,1-2H3/t12-,14+,16+,17+,19+/m1/s1. The van der Waals surface area contributed by atoms with Crippen molar-refractivity contribution >= 4 is 17.5 Å². The number of hydrogen-bond donors (Lipinski definition) is 0. The Kier molecular flexibility index (Phi) is 2.65. The van der Waals surface area contributed by atoms with E-state index in [1.54, 1.807) is 11.8 Å². The van der Waals surface area contributed by atoms with Crippen LogP contribution >= 0.6 is 0 Å². The molecule has 5 nitrogen and oxygen atoms in total. The first-order chi connectivity index (χ1) is 11.5. The number of hydrogen-bond acceptors (Lipinski definition) is 3. The highest BCUT2D eigenvalue weighted by Gasteiger charge is 2.67. The topological polar surface area (TPSA) is 49.9 Å². The highest BCUT2D eigenvalue weighted by molar-refractivity contribution is 6.02. The molecule has 5 rings (SSSR count). The Bertz CT molecular complexity index is 789. The predicted molar refractivity (Wildman–Crippen MR) is 88.4 cm³/mol. The van der Waals surface area contributed by atoms with Gasteiger partial charge in [-0.3, -0.25) is 9.59 Å². The summed E-state index contributed by atoms with van der Waals surface area (Å²) in [6, 6.07) is 7.89. The maximum Gasteiger partial charge on any atom is 0.233 e. The van der Waals surface area contributed by atoms with Crippen molar-refractivity contribution in [1.29, 1.82) is 0 Å². The second-order valence-electron chi connectivity index (χ2n) is 7.32. The molecule has 2 bridgehead atoms. The molecule has 5 heteroatoms. The first kappa shape index (κ1) is 14.2. The average molecular weight is 324 g/mol. The van der Waals surface area contributed by atoms with Gasteiger partial charge in [0.05, 0.1) is 24.1 Å². The summed E-state index contributed by atoms with van der Waals surface area (Å²) in [4.78, 5) is 28.8. The molecule has 2 amide bonds. The third-order valence-corrected chi connectivity index (χ3v) is 6.27. The van der Waals surface area contributed by atoms with Crippen LogP contribution in [-0.4, -0.2) is 41.5 Å². The minimum Gasteiger partial charge on any atom is -0.361 e. The number of amides is 2. The fourth-order valence-corrected chi connectivity index (χ4v) is 5.07. The van der Waals surface area contributed by atoms with Crippen LogP contribution in [0.3, 0.4) is 0 Å². The number of carbonyl (C=O) groups is 2. The summed E-state index contributed by atoms with van der Waals surface area (Å²) < 4.78 is 6.25. The monoisotopic (exact) mass is 324 g/mol. The molecule has 1 aromatic carbocycles. The number of anilines is 1. The van der Waals surface area contributed by atoms with Gasteiger partial charge in [-0.25, -0.2) is 0 Å². The van der Waals surface area contributed by atoms with Crippen molar-refractivity contribution in [3.8, 4) is 0 Å². The zero-order valence-corrected chi connectivity index (χ0v) is 13.8. The zero-order chi connectivity index (χ0) is 16.6. The van der Waals surface area contributed by atoms with Crippen LogP contribution in [0.15, 0.2) is 36.4 Å². The lowest BCUT2D eigenvalue weighted by atomic mass is 9.78. The van der Waals surface area contributed by atoms with Gasteiger partial charge in [0.2, 0.25) is 11.8 Å². The number of benzene rings is 1. The molecule has 0 saturated carbocycles. The van der Waals surface area contributed by atoms with E-state index in [1.807, 2.05) is 36.2 Å². The fraction of sp³-hybridized carbons (Fsp3) is 0.474. The molecule has 1 aromatic rings. The largest absolute Gasteiger partial charge is 0.361 e.